The van der Waals surface area contributed by atoms with E-state index in [0.717, 1.165) is 0 Å². The number of aliphatic hydroxyl groups is 1. The van der Waals surface area contributed by atoms with Gasteiger partial charge in [-0.2, -0.15) is 0 Å². The molecular formula is C9H13N3O3. The van der Waals surface area contributed by atoms with Gasteiger partial charge in [0.1, 0.15) is 0 Å². The smallest absolute Gasteiger partial charge is 0.311 e. The fraction of sp³-hybridized carbons (Fsp3) is 0.444. The minimum atomic E-state index is -0.581. The normalized spacial score (nSPS) is 12.4. The number of nitrogen functional groups attached to an aromatic ring is 1. The van der Waals surface area contributed by atoms with Gasteiger partial charge in [0.25, 0.3) is 0 Å². The van der Waals surface area contributed by atoms with Crippen molar-refractivity contribution in [2.24, 2.45) is 0 Å². The Kier molecular flexibility index (Phi) is 3.56. The van der Waals surface area contributed by atoms with Crippen LogP contribution in [0.4, 0.5) is 11.5 Å². The number of nitro groups is 1. The number of aromatic nitrogens is 1. The summed E-state index contributed by atoms with van der Waals surface area (Å²) in [6.45, 7) is 1.85. The van der Waals surface area contributed by atoms with Crippen molar-refractivity contribution in [1.82, 2.24) is 4.98 Å². The van der Waals surface area contributed by atoms with Crippen molar-refractivity contribution < 1.29 is 10.0 Å². The first kappa shape index (κ1) is 11.4. The molecule has 3 N–H and O–H groups in total. The summed E-state index contributed by atoms with van der Waals surface area (Å²) < 4.78 is 0. The van der Waals surface area contributed by atoms with Crippen molar-refractivity contribution in [2.45, 2.75) is 25.9 Å². The first-order valence-corrected chi connectivity index (χ1v) is 4.62. The molecule has 1 atom stereocenters. The molecule has 1 unspecified atom stereocenters. The molecule has 0 bridgehead atoms. The molecule has 15 heavy (non-hydrogen) atoms. The predicted octanol–water partition coefficient (Wildman–Crippen LogP) is 0.885. The van der Waals surface area contributed by atoms with Gasteiger partial charge >= 0.3 is 5.69 Å². The molecular weight excluding hydrogens is 198 g/mol. The predicted molar refractivity (Wildman–Crippen MR) is 55.3 cm³/mol. The Balaban J connectivity index is 2.87. The lowest BCUT2D eigenvalue weighted by molar-refractivity contribution is -0.384. The van der Waals surface area contributed by atoms with E-state index in [1.165, 1.54) is 12.1 Å². The standard InChI is InChI=1S/C9H13N3O3/c1-2-7(13)5-6-3-4-8(12(14)15)9(10)11-6/h3-4,7,13H,2,5H2,1H3,(H2,10,11). The third-order valence-corrected chi connectivity index (χ3v) is 2.07. The van der Waals surface area contributed by atoms with Crippen LogP contribution < -0.4 is 5.73 Å². The van der Waals surface area contributed by atoms with Gasteiger partial charge in [0, 0.05) is 18.2 Å². The summed E-state index contributed by atoms with van der Waals surface area (Å²) >= 11 is 0. The van der Waals surface area contributed by atoms with E-state index < -0.39 is 11.0 Å². The van der Waals surface area contributed by atoms with E-state index in [1.54, 1.807) is 0 Å². The van der Waals surface area contributed by atoms with Crippen LogP contribution in [0.3, 0.4) is 0 Å². The highest BCUT2D eigenvalue weighted by Crippen LogP contribution is 2.19. The van der Waals surface area contributed by atoms with Crippen molar-refractivity contribution in [3.8, 4) is 0 Å². The molecule has 1 rings (SSSR count). The molecule has 0 amide bonds. The number of hydrogen-bond donors (Lipinski definition) is 2. The van der Waals surface area contributed by atoms with Gasteiger partial charge in [-0.25, -0.2) is 4.98 Å². The van der Waals surface area contributed by atoms with Crippen LogP contribution in [0, 0.1) is 10.1 Å². The molecule has 0 aliphatic rings. The topological polar surface area (TPSA) is 102 Å². The largest absolute Gasteiger partial charge is 0.393 e. The van der Waals surface area contributed by atoms with Crippen molar-refractivity contribution in [3.63, 3.8) is 0 Å². The SMILES string of the molecule is CCC(O)Cc1ccc([N+](=O)[O-])c(N)n1. The maximum Gasteiger partial charge on any atom is 0.311 e. The Morgan fingerprint density at radius 2 is 2.33 bits per heavy atom. The number of hydrogen-bond acceptors (Lipinski definition) is 5. The molecule has 0 aromatic carbocycles. The lowest BCUT2D eigenvalue weighted by atomic mass is 10.1. The van der Waals surface area contributed by atoms with E-state index in [-0.39, 0.29) is 11.5 Å². The van der Waals surface area contributed by atoms with E-state index in [2.05, 4.69) is 4.98 Å². The average molecular weight is 211 g/mol. The van der Waals surface area contributed by atoms with Crippen LogP contribution >= 0.6 is 0 Å². The van der Waals surface area contributed by atoms with Gasteiger partial charge < -0.3 is 10.8 Å². The molecule has 6 heteroatoms. The van der Waals surface area contributed by atoms with Crippen LogP contribution in [0.1, 0.15) is 19.0 Å². The molecule has 0 radical (unpaired) electrons. The zero-order valence-corrected chi connectivity index (χ0v) is 8.38. The molecule has 0 aliphatic carbocycles. The second-order valence-corrected chi connectivity index (χ2v) is 3.23. The zero-order chi connectivity index (χ0) is 11.4. The highest BCUT2D eigenvalue weighted by atomic mass is 16.6. The zero-order valence-electron chi connectivity index (χ0n) is 8.38. The van der Waals surface area contributed by atoms with E-state index in [0.29, 0.717) is 18.5 Å². The maximum absolute atomic E-state index is 10.4. The summed E-state index contributed by atoms with van der Waals surface area (Å²) in [5.74, 6) is -0.110. The molecule has 1 aromatic heterocycles. The van der Waals surface area contributed by atoms with Gasteiger partial charge in [-0.05, 0) is 12.5 Å². The molecule has 0 fully saturated rings. The van der Waals surface area contributed by atoms with Crippen LogP contribution in [-0.4, -0.2) is 21.1 Å². The molecule has 0 spiro atoms. The van der Waals surface area contributed by atoms with Crippen molar-refractivity contribution in [1.29, 1.82) is 0 Å². The van der Waals surface area contributed by atoms with Crippen molar-refractivity contribution in [3.05, 3.63) is 27.9 Å². The first-order chi connectivity index (χ1) is 7.04. The van der Waals surface area contributed by atoms with Gasteiger partial charge in [-0.1, -0.05) is 6.92 Å². The lowest BCUT2D eigenvalue weighted by Crippen LogP contribution is -2.11. The Labute approximate surface area is 86.9 Å². The number of pyridine rings is 1. The Morgan fingerprint density at radius 3 is 2.80 bits per heavy atom. The Hall–Kier alpha value is -1.69. The minimum Gasteiger partial charge on any atom is -0.393 e. The van der Waals surface area contributed by atoms with E-state index in [4.69, 9.17) is 5.73 Å². The monoisotopic (exact) mass is 211 g/mol. The van der Waals surface area contributed by atoms with E-state index in [9.17, 15) is 15.2 Å². The van der Waals surface area contributed by atoms with Crippen molar-refractivity contribution >= 4 is 11.5 Å². The van der Waals surface area contributed by atoms with Gasteiger partial charge in [0.15, 0.2) is 0 Å². The summed E-state index contributed by atoms with van der Waals surface area (Å²) in [5, 5.41) is 19.8. The van der Waals surface area contributed by atoms with Gasteiger partial charge in [-0.15, -0.1) is 0 Å². The fourth-order valence-corrected chi connectivity index (χ4v) is 1.16. The van der Waals surface area contributed by atoms with Gasteiger partial charge in [0.2, 0.25) is 5.82 Å². The summed E-state index contributed by atoms with van der Waals surface area (Å²) in [7, 11) is 0. The maximum atomic E-state index is 10.4. The minimum absolute atomic E-state index is 0.110. The van der Waals surface area contributed by atoms with Crippen LogP contribution in [-0.2, 0) is 6.42 Å². The molecule has 0 saturated carbocycles. The lowest BCUT2D eigenvalue weighted by Gasteiger charge is -2.06. The van der Waals surface area contributed by atoms with Crippen LogP contribution in [0.2, 0.25) is 0 Å². The number of nitrogens with two attached hydrogens (primary N) is 1. The third-order valence-electron chi connectivity index (χ3n) is 2.07. The summed E-state index contributed by atoms with van der Waals surface area (Å²) in [6, 6.07) is 2.81. The Bertz CT molecular complexity index is 368. The molecule has 1 heterocycles. The second-order valence-electron chi connectivity index (χ2n) is 3.23. The van der Waals surface area contributed by atoms with Crippen LogP contribution in [0.25, 0.3) is 0 Å². The van der Waals surface area contributed by atoms with Crippen molar-refractivity contribution in [2.75, 3.05) is 5.73 Å². The van der Waals surface area contributed by atoms with Crippen LogP contribution in [0.5, 0.6) is 0 Å². The number of anilines is 1. The number of rotatable bonds is 4. The second kappa shape index (κ2) is 4.70. The quantitative estimate of drug-likeness (QED) is 0.568. The summed E-state index contributed by atoms with van der Waals surface area (Å²) in [6.07, 6.45) is 0.482. The van der Waals surface area contributed by atoms with E-state index >= 15 is 0 Å². The molecule has 0 aliphatic heterocycles. The Morgan fingerprint density at radius 1 is 1.67 bits per heavy atom. The molecule has 82 valence electrons. The highest BCUT2D eigenvalue weighted by Gasteiger charge is 2.13. The summed E-state index contributed by atoms with van der Waals surface area (Å²) in [5.41, 5.74) is 5.76. The average Bonchev–Trinajstić information content (AvgIpc) is 2.17. The van der Waals surface area contributed by atoms with Gasteiger partial charge in [0.05, 0.1) is 11.0 Å². The molecule has 1 aromatic rings. The molecule has 0 saturated heterocycles. The number of nitrogens with zero attached hydrogens (tertiary/aromatic N) is 2. The van der Waals surface area contributed by atoms with E-state index in [1.807, 2.05) is 6.92 Å². The van der Waals surface area contributed by atoms with Gasteiger partial charge in [-0.3, -0.25) is 10.1 Å². The molecule has 6 nitrogen and oxygen atoms in total. The third kappa shape index (κ3) is 2.88. The number of aliphatic hydroxyl groups excluding tert-OH is 1. The first-order valence-electron chi connectivity index (χ1n) is 4.62. The highest BCUT2D eigenvalue weighted by molar-refractivity contribution is 5.52. The van der Waals surface area contributed by atoms with Crippen LogP contribution in [0.15, 0.2) is 12.1 Å². The fourth-order valence-electron chi connectivity index (χ4n) is 1.16. The summed E-state index contributed by atoms with van der Waals surface area (Å²) in [4.78, 5) is 13.7.